The molecule has 0 radical (unpaired) electrons. The van der Waals surface area contributed by atoms with Crippen LogP contribution in [0.25, 0.3) is 0 Å². The van der Waals surface area contributed by atoms with E-state index in [1.54, 1.807) is 0 Å². The van der Waals surface area contributed by atoms with Gasteiger partial charge in [-0.25, -0.2) is 0 Å². The van der Waals surface area contributed by atoms with Gasteiger partial charge >= 0.3 is 0 Å². The SMILES string of the molecule is CC12CC(c3ccc(N)cc3)C3C4CCC(=O)C=C4CCC3C1CCC2O. The zero-order valence-corrected chi connectivity index (χ0v) is 16.2. The topological polar surface area (TPSA) is 63.3 Å². The number of anilines is 1. The van der Waals surface area contributed by atoms with Crippen LogP contribution >= 0.6 is 0 Å². The maximum Gasteiger partial charge on any atom is 0.155 e. The van der Waals surface area contributed by atoms with Crippen molar-refractivity contribution in [3.8, 4) is 0 Å². The van der Waals surface area contributed by atoms with Crippen molar-refractivity contribution >= 4 is 11.5 Å². The Morgan fingerprint density at radius 3 is 2.59 bits per heavy atom. The molecule has 5 rings (SSSR count). The van der Waals surface area contributed by atoms with Crippen molar-refractivity contribution in [3.63, 3.8) is 0 Å². The number of allylic oxidation sites excluding steroid dienone is 1. The first-order valence-electron chi connectivity index (χ1n) is 10.7. The number of carbonyl (C=O) groups is 1. The fourth-order valence-corrected chi connectivity index (χ4v) is 7.37. The van der Waals surface area contributed by atoms with Gasteiger partial charge in [-0.3, -0.25) is 4.79 Å². The highest BCUT2D eigenvalue weighted by Gasteiger charge is 2.59. The highest BCUT2D eigenvalue weighted by Crippen LogP contribution is 2.65. The van der Waals surface area contributed by atoms with Gasteiger partial charge in [0.05, 0.1) is 6.10 Å². The maximum atomic E-state index is 12.0. The number of benzene rings is 1. The van der Waals surface area contributed by atoms with Crippen LogP contribution in [0.2, 0.25) is 0 Å². The lowest BCUT2D eigenvalue weighted by molar-refractivity contribution is -0.116. The number of aliphatic hydroxyl groups excluding tert-OH is 1. The molecule has 3 saturated carbocycles. The molecule has 0 aromatic heterocycles. The predicted molar refractivity (Wildman–Crippen MR) is 107 cm³/mol. The molecule has 144 valence electrons. The van der Waals surface area contributed by atoms with Crippen molar-refractivity contribution in [2.45, 2.75) is 63.9 Å². The Bertz CT molecular complexity index is 782. The van der Waals surface area contributed by atoms with E-state index in [9.17, 15) is 9.90 Å². The summed E-state index contributed by atoms with van der Waals surface area (Å²) < 4.78 is 0. The molecule has 0 saturated heterocycles. The fourth-order valence-electron chi connectivity index (χ4n) is 7.37. The predicted octanol–water partition coefficient (Wildman–Crippen LogP) is 4.47. The van der Waals surface area contributed by atoms with Gasteiger partial charge in [0, 0.05) is 12.1 Å². The van der Waals surface area contributed by atoms with Gasteiger partial charge in [0.1, 0.15) is 0 Å². The third-order valence-corrected chi connectivity index (χ3v) is 8.61. The second kappa shape index (κ2) is 6.20. The number of fused-ring (bicyclic) bond motifs is 5. The minimum atomic E-state index is -0.176. The molecule has 3 nitrogen and oxygen atoms in total. The van der Waals surface area contributed by atoms with Gasteiger partial charge in [-0.1, -0.05) is 24.6 Å². The number of hydrogen-bond donors (Lipinski definition) is 2. The zero-order valence-electron chi connectivity index (χ0n) is 16.2. The summed E-state index contributed by atoms with van der Waals surface area (Å²) in [4.78, 5) is 12.0. The summed E-state index contributed by atoms with van der Waals surface area (Å²) in [5.74, 6) is 3.21. The lowest BCUT2D eigenvalue weighted by atomic mass is 9.48. The molecular weight excluding hydrogens is 334 g/mol. The molecule has 0 heterocycles. The number of carbonyl (C=O) groups excluding carboxylic acids is 1. The summed E-state index contributed by atoms with van der Waals surface area (Å²) in [7, 11) is 0. The third kappa shape index (κ3) is 2.61. The van der Waals surface area contributed by atoms with Crippen LogP contribution in [0, 0.1) is 29.1 Å². The van der Waals surface area contributed by atoms with E-state index in [1.165, 1.54) is 17.6 Å². The Morgan fingerprint density at radius 1 is 1.04 bits per heavy atom. The Kier molecular flexibility index (Phi) is 4.02. The van der Waals surface area contributed by atoms with Gasteiger partial charge in [0.25, 0.3) is 0 Å². The van der Waals surface area contributed by atoms with Gasteiger partial charge < -0.3 is 10.8 Å². The van der Waals surface area contributed by atoms with Crippen molar-refractivity contribution in [1.29, 1.82) is 0 Å². The highest BCUT2D eigenvalue weighted by molar-refractivity contribution is 5.91. The molecule has 27 heavy (non-hydrogen) atoms. The number of nitrogen functional groups attached to an aromatic ring is 1. The van der Waals surface area contributed by atoms with Gasteiger partial charge in [-0.2, -0.15) is 0 Å². The zero-order chi connectivity index (χ0) is 18.8. The lowest BCUT2D eigenvalue weighted by Crippen LogP contribution is -2.50. The van der Waals surface area contributed by atoms with E-state index in [4.69, 9.17) is 5.73 Å². The molecule has 3 N–H and O–H groups in total. The summed E-state index contributed by atoms with van der Waals surface area (Å²) in [5.41, 5.74) is 9.58. The Balaban J connectivity index is 1.59. The standard InChI is InChI=1S/C24H31NO2/c1-24-13-20(14-2-5-16(25)6-3-14)23-18-9-7-17(26)12-15(18)4-8-19(23)21(24)10-11-22(24)27/h2-3,5-6,12,18-23,27H,4,7-11,13,25H2,1H3. The molecule has 0 bridgehead atoms. The molecule has 1 aromatic carbocycles. The van der Waals surface area contributed by atoms with E-state index in [-0.39, 0.29) is 11.5 Å². The van der Waals surface area contributed by atoms with Crippen molar-refractivity contribution in [3.05, 3.63) is 41.5 Å². The van der Waals surface area contributed by atoms with Crippen molar-refractivity contribution in [2.75, 3.05) is 5.73 Å². The molecule has 3 fully saturated rings. The number of hydrogen-bond acceptors (Lipinski definition) is 3. The van der Waals surface area contributed by atoms with E-state index < -0.39 is 0 Å². The number of ketones is 1. The van der Waals surface area contributed by atoms with E-state index >= 15 is 0 Å². The quantitative estimate of drug-likeness (QED) is 0.722. The Morgan fingerprint density at radius 2 is 1.81 bits per heavy atom. The molecule has 3 heteroatoms. The molecule has 4 aliphatic rings. The van der Waals surface area contributed by atoms with Crippen LogP contribution < -0.4 is 5.73 Å². The minimum Gasteiger partial charge on any atom is -0.399 e. The Labute approximate surface area is 162 Å². The average Bonchev–Trinajstić information content (AvgIpc) is 2.96. The average molecular weight is 366 g/mol. The molecule has 0 aliphatic heterocycles. The molecule has 4 aliphatic carbocycles. The third-order valence-electron chi connectivity index (χ3n) is 8.61. The van der Waals surface area contributed by atoms with Crippen molar-refractivity contribution in [2.24, 2.45) is 29.1 Å². The molecule has 1 aromatic rings. The largest absolute Gasteiger partial charge is 0.399 e. The maximum absolute atomic E-state index is 12.0. The summed E-state index contributed by atoms with van der Waals surface area (Å²) in [5, 5.41) is 10.9. The lowest BCUT2D eigenvalue weighted by Gasteiger charge is -2.57. The van der Waals surface area contributed by atoms with Gasteiger partial charge in [0.15, 0.2) is 5.78 Å². The molecule has 0 amide bonds. The van der Waals surface area contributed by atoms with E-state index in [2.05, 4.69) is 19.1 Å². The summed E-state index contributed by atoms with van der Waals surface area (Å²) in [6.45, 7) is 2.34. The molecule has 7 atom stereocenters. The Hall–Kier alpha value is -1.61. The van der Waals surface area contributed by atoms with E-state index in [0.29, 0.717) is 41.8 Å². The molecule has 7 unspecified atom stereocenters. The first-order valence-corrected chi connectivity index (χ1v) is 10.7. The highest BCUT2D eigenvalue weighted by atomic mass is 16.3. The van der Waals surface area contributed by atoms with Gasteiger partial charge in [-0.15, -0.1) is 0 Å². The molecule has 0 spiro atoms. The summed E-state index contributed by atoms with van der Waals surface area (Å²) in [6.07, 6.45) is 8.95. The van der Waals surface area contributed by atoms with E-state index in [1.807, 2.05) is 18.2 Å². The molecular formula is C24H31NO2. The van der Waals surface area contributed by atoms with Crippen LogP contribution in [0.5, 0.6) is 0 Å². The summed E-state index contributed by atoms with van der Waals surface area (Å²) in [6, 6.07) is 8.45. The van der Waals surface area contributed by atoms with Crippen LogP contribution in [0.15, 0.2) is 35.9 Å². The van der Waals surface area contributed by atoms with Crippen LogP contribution in [-0.4, -0.2) is 17.0 Å². The van der Waals surface area contributed by atoms with Crippen LogP contribution in [0.4, 0.5) is 5.69 Å². The van der Waals surface area contributed by atoms with Gasteiger partial charge in [-0.05, 0) is 97.3 Å². The van der Waals surface area contributed by atoms with E-state index in [0.717, 1.165) is 37.8 Å². The van der Waals surface area contributed by atoms with Gasteiger partial charge in [0.2, 0.25) is 0 Å². The smallest absolute Gasteiger partial charge is 0.155 e. The minimum absolute atomic E-state index is 0.0267. The first-order chi connectivity index (χ1) is 13.0. The van der Waals surface area contributed by atoms with Crippen LogP contribution in [0.1, 0.15) is 63.4 Å². The van der Waals surface area contributed by atoms with Crippen molar-refractivity contribution < 1.29 is 9.90 Å². The number of rotatable bonds is 1. The van der Waals surface area contributed by atoms with Crippen LogP contribution in [0.3, 0.4) is 0 Å². The normalized spacial score (nSPS) is 43.5. The van der Waals surface area contributed by atoms with Crippen molar-refractivity contribution in [1.82, 2.24) is 0 Å². The van der Waals surface area contributed by atoms with Crippen LogP contribution in [-0.2, 0) is 4.79 Å². The second-order valence-corrected chi connectivity index (χ2v) is 9.79. The monoisotopic (exact) mass is 365 g/mol. The fraction of sp³-hybridized carbons (Fsp3) is 0.625. The second-order valence-electron chi connectivity index (χ2n) is 9.79. The number of nitrogens with two attached hydrogens (primary N) is 1. The first kappa shape index (κ1) is 17.5. The number of aliphatic hydroxyl groups is 1. The summed E-state index contributed by atoms with van der Waals surface area (Å²) >= 11 is 0.